The van der Waals surface area contributed by atoms with Crippen molar-refractivity contribution in [3.05, 3.63) is 66.2 Å². The first-order valence-electron chi connectivity index (χ1n) is 7.59. The molecule has 0 unspecified atom stereocenters. The van der Waals surface area contributed by atoms with E-state index in [0.29, 0.717) is 16.6 Å². The van der Waals surface area contributed by atoms with E-state index in [1.54, 1.807) is 16.8 Å². The molecule has 0 bridgehead atoms. The average molecular weight is 385 g/mol. The molecule has 4 rings (SSSR count). The number of nitrogens with one attached hydrogen (secondary N) is 1. The standard InChI is InChI=1S/C16H12FN7S2/c17-11-5-4-6-12(9-11)18-15-20-21-16(26-15)25-10-14-19-22-23-24(14)13-7-2-1-3-8-13/h1-9H,10H2,(H,18,20). The van der Waals surface area contributed by atoms with Crippen LogP contribution < -0.4 is 5.32 Å². The first-order valence-corrected chi connectivity index (χ1v) is 9.40. The first kappa shape index (κ1) is 16.6. The number of thioether (sulfide) groups is 1. The fourth-order valence-corrected chi connectivity index (χ4v) is 3.88. The monoisotopic (exact) mass is 385 g/mol. The van der Waals surface area contributed by atoms with E-state index in [0.717, 1.165) is 15.9 Å². The van der Waals surface area contributed by atoms with Crippen molar-refractivity contribution in [1.82, 2.24) is 30.4 Å². The molecular formula is C16H12FN7S2. The summed E-state index contributed by atoms with van der Waals surface area (Å²) in [5, 5.41) is 23.7. The van der Waals surface area contributed by atoms with Crippen molar-refractivity contribution in [3.63, 3.8) is 0 Å². The molecule has 7 nitrogen and oxygen atoms in total. The van der Waals surface area contributed by atoms with Gasteiger partial charge in [0.25, 0.3) is 0 Å². The van der Waals surface area contributed by atoms with Gasteiger partial charge in [0.2, 0.25) is 5.13 Å². The SMILES string of the molecule is Fc1cccc(Nc2nnc(SCc3nnnn3-c3ccccc3)s2)c1. The minimum atomic E-state index is -0.304. The molecule has 10 heteroatoms. The van der Waals surface area contributed by atoms with E-state index in [9.17, 15) is 4.39 Å². The van der Waals surface area contributed by atoms with E-state index in [-0.39, 0.29) is 5.82 Å². The Kier molecular flexibility index (Phi) is 4.84. The van der Waals surface area contributed by atoms with Gasteiger partial charge < -0.3 is 5.32 Å². The van der Waals surface area contributed by atoms with Crippen LogP contribution in [0.2, 0.25) is 0 Å². The smallest absolute Gasteiger partial charge is 0.210 e. The van der Waals surface area contributed by atoms with Gasteiger partial charge in [0.15, 0.2) is 10.2 Å². The van der Waals surface area contributed by atoms with Crippen LogP contribution in [0.15, 0.2) is 58.9 Å². The van der Waals surface area contributed by atoms with Crippen LogP contribution in [-0.2, 0) is 5.75 Å². The number of hydrogen-bond donors (Lipinski definition) is 1. The maximum absolute atomic E-state index is 13.2. The number of hydrogen-bond acceptors (Lipinski definition) is 8. The Bertz CT molecular complexity index is 1000. The van der Waals surface area contributed by atoms with Crippen molar-refractivity contribution in [2.24, 2.45) is 0 Å². The average Bonchev–Trinajstić information content (AvgIpc) is 3.30. The zero-order valence-corrected chi connectivity index (χ0v) is 14.9. The fraction of sp³-hybridized carbons (Fsp3) is 0.0625. The van der Waals surface area contributed by atoms with Gasteiger partial charge in [0.1, 0.15) is 5.82 Å². The predicted molar refractivity (Wildman–Crippen MR) is 98.3 cm³/mol. The van der Waals surface area contributed by atoms with Crippen LogP contribution in [0.1, 0.15) is 5.82 Å². The first-order chi connectivity index (χ1) is 12.8. The second-order valence-corrected chi connectivity index (χ2v) is 7.34. The van der Waals surface area contributed by atoms with Crippen LogP contribution in [0, 0.1) is 5.82 Å². The molecule has 0 fully saturated rings. The molecule has 0 aliphatic rings. The molecule has 2 aromatic carbocycles. The van der Waals surface area contributed by atoms with Crippen molar-refractivity contribution >= 4 is 33.9 Å². The summed E-state index contributed by atoms with van der Waals surface area (Å²) >= 11 is 2.88. The summed E-state index contributed by atoms with van der Waals surface area (Å²) in [6.07, 6.45) is 0. The van der Waals surface area contributed by atoms with Crippen molar-refractivity contribution < 1.29 is 4.39 Å². The highest BCUT2D eigenvalue weighted by Gasteiger charge is 2.11. The zero-order valence-electron chi connectivity index (χ0n) is 13.3. The Balaban J connectivity index is 1.42. The number of nitrogens with zero attached hydrogens (tertiary/aromatic N) is 6. The lowest BCUT2D eigenvalue weighted by atomic mass is 10.3. The second-order valence-electron chi connectivity index (χ2n) is 5.14. The summed E-state index contributed by atoms with van der Waals surface area (Å²) < 4.78 is 15.7. The quantitative estimate of drug-likeness (QED) is 0.507. The number of anilines is 2. The van der Waals surface area contributed by atoms with Crippen LogP contribution in [0.5, 0.6) is 0 Å². The number of tetrazole rings is 1. The summed E-state index contributed by atoms with van der Waals surface area (Å²) in [4.78, 5) is 0. The van der Waals surface area contributed by atoms with Gasteiger partial charge in [-0.05, 0) is 40.8 Å². The van der Waals surface area contributed by atoms with Crippen molar-refractivity contribution in [2.75, 3.05) is 5.32 Å². The largest absolute Gasteiger partial charge is 0.330 e. The van der Waals surface area contributed by atoms with Gasteiger partial charge in [0, 0.05) is 5.69 Å². The second kappa shape index (κ2) is 7.58. The molecule has 1 N–H and O–H groups in total. The third-order valence-electron chi connectivity index (χ3n) is 3.34. The Morgan fingerprint density at radius 2 is 1.92 bits per heavy atom. The van der Waals surface area contributed by atoms with Gasteiger partial charge in [0.05, 0.1) is 11.4 Å². The number of rotatable bonds is 6. The van der Waals surface area contributed by atoms with Crippen molar-refractivity contribution in [2.45, 2.75) is 10.1 Å². The number of aromatic nitrogens is 6. The Morgan fingerprint density at radius 1 is 1.04 bits per heavy atom. The van der Waals surface area contributed by atoms with Gasteiger partial charge in [-0.15, -0.1) is 15.3 Å². The Hall–Kier alpha value is -2.85. The van der Waals surface area contributed by atoms with Gasteiger partial charge in [-0.1, -0.05) is 47.4 Å². The molecule has 0 aliphatic heterocycles. The number of halogens is 1. The van der Waals surface area contributed by atoms with Gasteiger partial charge >= 0.3 is 0 Å². The predicted octanol–water partition coefficient (Wildman–Crippen LogP) is 3.69. The van der Waals surface area contributed by atoms with E-state index in [4.69, 9.17) is 0 Å². The summed E-state index contributed by atoms with van der Waals surface area (Å²) in [7, 11) is 0. The lowest BCUT2D eigenvalue weighted by Gasteiger charge is -2.02. The van der Waals surface area contributed by atoms with Crippen LogP contribution in [0.3, 0.4) is 0 Å². The maximum atomic E-state index is 13.2. The summed E-state index contributed by atoms with van der Waals surface area (Å²) in [5.41, 5.74) is 1.53. The molecule has 2 aromatic heterocycles. The third kappa shape index (κ3) is 3.86. The molecule has 0 aliphatic carbocycles. The Labute approximate surface area is 156 Å². The van der Waals surface area contributed by atoms with Crippen molar-refractivity contribution in [1.29, 1.82) is 0 Å². The molecule has 0 radical (unpaired) electrons. The highest BCUT2D eigenvalue weighted by molar-refractivity contribution is 8.00. The zero-order chi connectivity index (χ0) is 17.8. The van der Waals surface area contributed by atoms with Crippen LogP contribution in [0.4, 0.5) is 15.2 Å². The molecule has 0 amide bonds. The van der Waals surface area contributed by atoms with Gasteiger partial charge in [-0.2, -0.15) is 4.68 Å². The molecule has 0 atom stereocenters. The highest BCUT2D eigenvalue weighted by atomic mass is 32.2. The Morgan fingerprint density at radius 3 is 2.77 bits per heavy atom. The summed E-state index contributed by atoms with van der Waals surface area (Å²) in [6, 6.07) is 15.9. The van der Waals surface area contributed by atoms with Gasteiger partial charge in [-0.25, -0.2) is 4.39 Å². The van der Waals surface area contributed by atoms with E-state index in [2.05, 4.69) is 31.0 Å². The number of para-hydroxylation sites is 1. The van der Waals surface area contributed by atoms with E-state index in [1.807, 2.05) is 30.3 Å². The molecule has 0 saturated heterocycles. The minimum absolute atomic E-state index is 0.304. The molecule has 130 valence electrons. The van der Waals surface area contributed by atoms with E-state index < -0.39 is 0 Å². The minimum Gasteiger partial charge on any atom is -0.330 e. The lowest BCUT2D eigenvalue weighted by molar-refractivity contribution is 0.628. The molecule has 0 saturated carbocycles. The molecule has 2 heterocycles. The normalized spacial score (nSPS) is 10.8. The van der Waals surface area contributed by atoms with Crippen molar-refractivity contribution in [3.8, 4) is 5.69 Å². The van der Waals surface area contributed by atoms with E-state index in [1.165, 1.54) is 35.2 Å². The molecule has 0 spiro atoms. The third-order valence-corrected chi connectivity index (χ3v) is 5.31. The van der Waals surface area contributed by atoms with Gasteiger partial charge in [-0.3, -0.25) is 0 Å². The molecular weight excluding hydrogens is 373 g/mol. The van der Waals surface area contributed by atoms with E-state index >= 15 is 0 Å². The summed E-state index contributed by atoms with van der Waals surface area (Å²) in [6.45, 7) is 0. The van der Waals surface area contributed by atoms with Crippen LogP contribution in [0.25, 0.3) is 5.69 Å². The summed E-state index contributed by atoms with van der Waals surface area (Å²) in [5.74, 6) is 0.967. The molecule has 26 heavy (non-hydrogen) atoms. The van der Waals surface area contributed by atoms with Crippen LogP contribution >= 0.6 is 23.1 Å². The fourth-order valence-electron chi connectivity index (χ4n) is 2.20. The lowest BCUT2D eigenvalue weighted by Crippen LogP contribution is -2.01. The highest BCUT2D eigenvalue weighted by Crippen LogP contribution is 2.29. The number of benzene rings is 2. The molecule has 4 aromatic rings. The van der Waals surface area contributed by atoms with Crippen LogP contribution in [-0.4, -0.2) is 30.4 Å². The topological polar surface area (TPSA) is 81.4 Å². The maximum Gasteiger partial charge on any atom is 0.210 e.